The molecule has 0 nitrogen and oxygen atoms in total. The smallest absolute Gasteiger partial charge is 0.00201 e. The summed E-state index contributed by atoms with van der Waals surface area (Å²) in [7, 11) is 0. The highest BCUT2D eigenvalue weighted by atomic mass is 14.2. The van der Waals surface area contributed by atoms with Crippen molar-refractivity contribution in [1.29, 1.82) is 0 Å². The van der Waals surface area contributed by atoms with Crippen LogP contribution >= 0.6 is 0 Å². The standard InChI is InChI=1S/C48H30/c1-3-14-35-31(12-1)28-29-40-38(35)22-11-23-41(40)48-44-20-9-7-18-42(44)47(43-19-8-10-21-45(43)48)33-26-24-32(25-27-33)46-30-34-13-2-4-15-36(34)37-16-5-6-17-39(37)46/h1-30H. The van der Waals surface area contributed by atoms with Crippen LogP contribution in [0, 0.1) is 0 Å². The summed E-state index contributed by atoms with van der Waals surface area (Å²) < 4.78 is 0. The fraction of sp³-hybridized carbons (Fsp3) is 0. The SMILES string of the molecule is c1ccc2c(c1)cc(-c1ccc(-c3c4ccccc4c(-c4cccc5c4ccc4ccccc45)c4ccccc34)cc1)c1ccccc12. The summed E-state index contributed by atoms with van der Waals surface area (Å²) in [6.45, 7) is 0. The van der Waals surface area contributed by atoms with Crippen molar-refractivity contribution >= 4 is 64.6 Å². The van der Waals surface area contributed by atoms with Crippen LogP contribution in [0.25, 0.3) is 98.0 Å². The van der Waals surface area contributed by atoms with Crippen molar-refractivity contribution in [3.8, 4) is 33.4 Å². The third-order valence-electron chi connectivity index (χ3n) is 10.2. The lowest BCUT2D eigenvalue weighted by Crippen LogP contribution is -1.92. The van der Waals surface area contributed by atoms with Crippen LogP contribution in [-0.2, 0) is 0 Å². The van der Waals surface area contributed by atoms with Crippen LogP contribution in [0.5, 0.6) is 0 Å². The van der Waals surface area contributed by atoms with E-state index in [1.807, 2.05) is 0 Å². The van der Waals surface area contributed by atoms with Gasteiger partial charge in [0.2, 0.25) is 0 Å². The van der Waals surface area contributed by atoms with Gasteiger partial charge >= 0.3 is 0 Å². The van der Waals surface area contributed by atoms with E-state index in [9.17, 15) is 0 Å². The van der Waals surface area contributed by atoms with Gasteiger partial charge in [-0.3, -0.25) is 0 Å². The second-order valence-corrected chi connectivity index (χ2v) is 12.8. The largest absolute Gasteiger partial charge is 0.0616 e. The summed E-state index contributed by atoms with van der Waals surface area (Å²) in [5.74, 6) is 0. The Morgan fingerprint density at radius 2 is 0.646 bits per heavy atom. The highest BCUT2D eigenvalue weighted by molar-refractivity contribution is 6.25. The van der Waals surface area contributed by atoms with Crippen molar-refractivity contribution in [2.45, 2.75) is 0 Å². The molecule has 48 heavy (non-hydrogen) atoms. The number of fused-ring (bicyclic) bond motifs is 8. The van der Waals surface area contributed by atoms with Crippen LogP contribution in [0.4, 0.5) is 0 Å². The summed E-state index contributed by atoms with van der Waals surface area (Å²) in [5.41, 5.74) is 7.58. The van der Waals surface area contributed by atoms with E-state index in [1.165, 1.54) is 98.0 Å². The van der Waals surface area contributed by atoms with Crippen LogP contribution in [0.1, 0.15) is 0 Å². The van der Waals surface area contributed by atoms with E-state index >= 15 is 0 Å². The van der Waals surface area contributed by atoms with E-state index in [-0.39, 0.29) is 0 Å². The first-order valence-corrected chi connectivity index (χ1v) is 16.7. The highest BCUT2D eigenvalue weighted by Crippen LogP contribution is 2.46. The van der Waals surface area contributed by atoms with Gasteiger partial charge in [-0.15, -0.1) is 0 Å². The van der Waals surface area contributed by atoms with Gasteiger partial charge in [-0.25, -0.2) is 0 Å². The molecule has 0 unspecified atom stereocenters. The van der Waals surface area contributed by atoms with E-state index in [2.05, 4.69) is 182 Å². The molecule has 10 rings (SSSR count). The molecule has 0 atom stereocenters. The predicted octanol–water partition coefficient (Wildman–Crippen LogP) is 13.6. The molecule has 0 saturated carbocycles. The van der Waals surface area contributed by atoms with E-state index < -0.39 is 0 Å². The van der Waals surface area contributed by atoms with Crippen molar-refractivity contribution in [1.82, 2.24) is 0 Å². The fourth-order valence-corrected chi connectivity index (χ4v) is 8.10. The monoisotopic (exact) mass is 606 g/mol. The van der Waals surface area contributed by atoms with Crippen LogP contribution in [0.3, 0.4) is 0 Å². The Labute approximate surface area is 279 Å². The lowest BCUT2D eigenvalue weighted by Gasteiger charge is -2.19. The fourth-order valence-electron chi connectivity index (χ4n) is 8.10. The van der Waals surface area contributed by atoms with E-state index in [0.29, 0.717) is 0 Å². The number of benzene rings is 10. The minimum atomic E-state index is 1.23. The van der Waals surface area contributed by atoms with Gasteiger partial charge in [0.25, 0.3) is 0 Å². The van der Waals surface area contributed by atoms with Crippen molar-refractivity contribution in [3.63, 3.8) is 0 Å². The Bertz CT molecular complexity index is 2820. The quantitative estimate of drug-likeness (QED) is 0.139. The first-order valence-electron chi connectivity index (χ1n) is 16.7. The Morgan fingerprint density at radius 3 is 1.29 bits per heavy atom. The molecule has 0 N–H and O–H groups in total. The number of hydrogen-bond acceptors (Lipinski definition) is 0. The molecule has 0 aromatic heterocycles. The molecule has 0 heterocycles. The lowest BCUT2D eigenvalue weighted by atomic mass is 9.84. The summed E-state index contributed by atoms with van der Waals surface area (Å²) >= 11 is 0. The molecule has 10 aromatic carbocycles. The van der Waals surface area contributed by atoms with Crippen LogP contribution in [-0.4, -0.2) is 0 Å². The number of hydrogen-bond donors (Lipinski definition) is 0. The molecule has 10 aromatic rings. The van der Waals surface area contributed by atoms with Gasteiger partial charge in [-0.05, 0) is 104 Å². The van der Waals surface area contributed by atoms with Gasteiger partial charge in [0.05, 0.1) is 0 Å². The first-order chi connectivity index (χ1) is 23.8. The van der Waals surface area contributed by atoms with Gasteiger partial charge < -0.3 is 0 Å². The lowest BCUT2D eigenvalue weighted by molar-refractivity contribution is 1.64. The molecular formula is C48H30. The first kappa shape index (κ1) is 26.9. The summed E-state index contributed by atoms with van der Waals surface area (Å²) in [4.78, 5) is 0. The molecule has 222 valence electrons. The average molecular weight is 607 g/mol. The Balaban J connectivity index is 1.21. The van der Waals surface area contributed by atoms with E-state index in [4.69, 9.17) is 0 Å². The molecule has 0 heteroatoms. The Hall–Kier alpha value is -6.24. The van der Waals surface area contributed by atoms with E-state index in [1.54, 1.807) is 0 Å². The third kappa shape index (κ3) is 4.03. The normalized spacial score (nSPS) is 11.8. The van der Waals surface area contributed by atoms with Crippen molar-refractivity contribution in [2.75, 3.05) is 0 Å². The Morgan fingerprint density at radius 1 is 0.208 bits per heavy atom. The van der Waals surface area contributed by atoms with Gasteiger partial charge in [0, 0.05) is 0 Å². The molecule has 0 aliphatic rings. The van der Waals surface area contributed by atoms with Gasteiger partial charge in [-0.2, -0.15) is 0 Å². The molecule has 0 spiro atoms. The molecule has 0 amide bonds. The predicted molar refractivity (Wildman–Crippen MR) is 208 cm³/mol. The van der Waals surface area contributed by atoms with Gasteiger partial charge in [0.1, 0.15) is 0 Å². The van der Waals surface area contributed by atoms with Crippen molar-refractivity contribution in [2.24, 2.45) is 0 Å². The molecule has 0 radical (unpaired) electrons. The van der Waals surface area contributed by atoms with Crippen LogP contribution in [0.15, 0.2) is 182 Å². The average Bonchev–Trinajstić information content (AvgIpc) is 3.16. The third-order valence-corrected chi connectivity index (χ3v) is 10.2. The molecule has 0 aliphatic heterocycles. The van der Waals surface area contributed by atoms with Crippen LogP contribution < -0.4 is 0 Å². The zero-order valence-corrected chi connectivity index (χ0v) is 26.3. The maximum absolute atomic E-state index is 2.35. The maximum Gasteiger partial charge on any atom is -0.00201 e. The molecule has 0 fully saturated rings. The summed E-state index contributed by atoms with van der Waals surface area (Å²) in [5, 5.41) is 15.4. The molecule has 0 saturated heterocycles. The minimum absolute atomic E-state index is 1.23. The van der Waals surface area contributed by atoms with Crippen LogP contribution in [0.2, 0.25) is 0 Å². The minimum Gasteiger partial charge on any atom is -0.0616 e. The van der Waals surface area contributed by atoms with Crippen molar-refractivity contribution in [3.05, 3.63) is 182 Å². The topological polar surface area (TPSA) is 0 Å². The van der Waals surface area contributed by atoms with Gasteiger partial charge in [0.15, 0.2) is 0 Å². The number of rotatable bonds is 3. The van der Waals surface area contributed by atoms with Gasteiger partial charge in [-0.1, -0.05) is 176 Å². The molecule has 0 bridgehead atoms. The van der Waals surface area contributed by atoms with Crippen molar-refractivity contribution < 1.29 is 0 Å². The Kier molecular flexibility index (Phi) is 5.98. The highest BCUT2D eigenvalue weighted by Gasteiger charge is 2.18. The molecular weight excluding hydrogens is 577 g/mol. The summed E-state index contributed by atoms with van der Waals surface area (Å²) in [6.07, 6.45) is 0. The van der Waals surface area contributed by atoms with E-state index in [0.717, 1.165) is 0 Å². The zero-order valence-electron chi connectivity index (χ0n) is 26.3. The zero-order chi connectivity index (χ0) is 31.6. The summed E-state index contributed by atoms with van der Waals surface area (Å²) in [6, 6.07) is 67.0. The second-order valence-electron chi connectivity index (χ2n) is 12.8. The second kappa shape index (κ2) is 10.7. The molecule has 0 aliphatic carbocycles. The maximum atomic E-state index is 2.35.